The van der Waals surface area contributed by atoms with E-state index in [1.165, 1.54) is 0 Å². The van der Waals surface area contributed by atoms with Crippen LogP contribution in [0.1, 0.15) is 0 Å². The highest BCUT2D eigenvalue weighted by Gasteiger charge is 2.46. The van der Waals surface area contributed by atoms with Gasteiger partial charge in [0.2, 0.25) is 6.54 Å². The van der Waals surface area contributed by atoms with E-state index in [4.69, 9.17) is 0 Å². The molecular formula is C4H8NO+. The minimum atomic E-state index is 0.343. The van der Waals surface area contributed by atoms with Crippen LogP contribution in [0.3, 0.4) is 0 Å². The van der Waals surface area contributed by atoms with Crippen molar-refractivity contribution in [3.05, 3.63) is 0 Å². The Morgan fingerprint density at radius 2 is 1.83 bits per heavy atom. The summed E-state index contributed by atoms with van der Waals surface area (Å²) < 4.78 is 0.597. The van der Waals surface area contributed by atoms with Crippen LogP contribution in [0.25, 0.3) is 0 Å². The van der Waals surface area contributed by atoms with Gasteiger partial charge in [-0.3, -0.25) is 0 Å². The molecule has 0 aromatic rings. The molecule has 1 aliphatic rings. The fraction of sp³-hybridized carbons (Fsp3) is 0.750. The predicted octanol–water partition coefficient (Wildman–Crippen LogP) is -0.397. The predicted molar refractivity (Wildman–Crippen MR) is 22.0 cm³/mol. The van der Waals surface area contributed by atoms with Gasteiger partial charge < -0.3 is 0 Å². The summed E-state index contributed by atoms with van der Waals surface area (Å²) in [6.07, 6.45) is 0. The van der Waals surface area contributed by atoms with Gasteiger partial charge in [0.05, 0.1) is 14.1 Å². The Kier molecular flexibility index (Phi) is 0.417. The molecule has 1 heterocycles. The Morgan fingerprint density at radius 1 is 1.67 bits per heavy atom. The van der Waals surface area contributed by atoms with Crippen LogP contribution >= 0.6 is 0 Å². The summed E-state index contributed by atoms with van der Waals surface area (Å²) in [5, 5.41) is 0. The van der Waals surface area contributed by atoms with Crippen LogP contribution in [0.4, 0.5) is 0 Å². The average molecular weight is 86.1 g/mol. The standard InChI is InChI=1S/C4H8NO/c1-5(2)3-4(5)6/h3H2,1-2H3/q+1. The van der Waals surface area contributed by atoms with Crippen molar-refractivity contribution in [2.75, 3.05) is 20.6 Å². The molecule has 0 N–H and O–H groups in total. The summed E-state index contributed by atoms with van der Waals surface area (Å²) >= 11 is 0. The Bertz CT molecular complexity index is 95.7. The van der Waals surface area contributed by atoms with Crippen molar-refractivity contribution in [3.8, 4) is 0 Å². The molecule has 1 amide bonds. The van der Waals surface area contributed by atoms with Gasteiger partial charge in [0.15, 0.2) is 0 Å². The minimum absolute atomic E-state index is 0.343. The molecule has 0 radical (unpaired) electrons. The zero-order chi connectivity index (χ0) is 4.78. The molecule has 0 unspecified atom stereocenters. The van der Waals surface area contributed by atoms with Gasteiger partial charge in [-0.2, -0.15) is 0 Å². The van der Waals surface area contributed by atoms with E-state index in [1.54, 1.807) is 0 Å². The molecule has 1 saturated heterocycles. The second kappa shape index (κ2) is 0.658. The number of nitrogens with zero attached hydrogens (tertiary/aromatic N) is 1. The number of amides is 1. The van der Waals surface area contributed by atoms with Gasteiger partial charge in [-0.15, -0.1) is 0 Å². The fourth-order valence-electron chi connectivity index (χ4n) is 0.303. The molecule has 0 aliphatic carbocycles. The van der Waals surface area contributed by atoms with Crippen molar-refractivity contribution in [1.82, 2.24) is 0 Å². The summed E-state index contributed by atoms with van der Waals surface area (Å²) in [5.41, 5.74) is 0. The lowest BCUT2D eigenvalue weighted by Gasteiger charge is -1.91. The monoisotopic (exact) mass is 86.1 g/mol. The maximum atomic E-state index is 10.2. The van der Waals surface area contributed by atoms with Crippen LogP contribution in [0.5, 0.6) is 0 Å². The van der Waals surface area contributed by atoms with Crippen LogP contribution in [-0.2, 0) is 4.79 Å². The van der Waals surface area contributed by atoms with Gasteiger partial charge in [-0.05, 0) is 0 Å². The van der Waals surface area contributed by atoms with Crippen molar-refractivity contribution in [1.29, 1.82) is 0 Å². The number of rotatable bonds is 0. The molecule has 0 bridgehead atoms. The van der Waals surface area contributed by atoms with E-state index in [9.17, 15) is 4.79 Å². The molecule has 0 aromatic carbocycles. The van der Waals surface area contributed by atoms with Gasteiger partial charge in [0.1, 0.15) is 0 Å². The number of quaternary nitrogens is 1. The maximum absolute atomic E-state index is 10.2. The van der Waals surface area contributed by atoms with Crippen LogP contribution < -0.4 is 0 Å². The first kappa shape index (κ1) is 3.81. The second-order valence-electron chi connectivity index (χ2n) is 2.24. The first-order valence-corrected chi connectivity index (χ1v) is 1.99. The summed E-state index contributed by atoms with van der Waals surface area (Å²) in [7, 11) is 3.81. The third-order valence-electron chi connectivity index (χ3n) is 1.10. The normalized spacial score (nSPS) is 27.3. The van der Waals surface area contributed by atoms with Crippen molar-refractivity contribution in [2.45, 2.75) is 0 Å². The topological polar surface area (TPSA) is 17.1 Å². The Morgan fingerprint density at radius 3 is 1.83 bits per heavy atom. The molecule has 1 rings (SSSR count). The molecule has 6 heavy (non-hydrogen) atoms. The van der Waals surface area contributed by atoms with E-state index in [1.807, 2.05) is 14.1 Å². The number of likely N-dealkylation sites (N-methyl/N-ethyl adjacent to an activating group) is 1. The molecule has 0 atom stereocenters. The lowest BCUT2D eigenvalue weighted by Crippen LogP contribution is -2.12. The Hall–Kier alpha value is -0.370. The molecule has 0 saturated carbocycles. The molecule has 0 aromatic heterocycles. The highest BCUT2D eigenvalue weighted by molar-refractivity contribution is 5.81. The van der Waals surface area contributed by atoms with E-state index in [-0.39, 0.29) is 0 Å². The quantitative estimate of drug-likeness (QED) is 0.289. The van der Waals surface area contributed by atoms with Crippen LogP contribution in [-0.4, -0.2) is 31.0 Å². The van der Waals surface area contributed by atoms with Crippen LogP contribution in [0, 0.1) is 0 Å². The van der Waals surface area contributed by atoms with E-state index < -0.39 is 0 Å². The first-order chi connectivity index (χ1) is 2.63. The third-order valence-corrected chi connectivity index (χ3v) is 1.10. The number of carbonyl (C=O) groups is 1. The smallest absolute Gasteiger partial charge is 0.249 e. The summed E-state index contributed by atoms with van der Waals surface area (Å²) in [6, 6.07) is 0. The average Bonchev–Trinajstić information content (AvgIpc) is 1.73. The Labute approximate surface area is 37.0 Å². The zero-order valence-corrected chi connectivity index (χ0v) is 4.06. The third kappa shape index (κ3) is 0.337. The molecule has 34 valence electrons. The van der Waals surface area contributed by atoms with Crippen LogP contribution in [0.15, 0.2) is 0 Å². The highest BCUT2D eigenvalue weighted by atomic mass is 16.2. The zero-order valence-electron chi connectivity index (χ0n) is 4.06. The van der Waals surface area contributed by atoms with Crippen LogP contribution in [0.2, 0.25) is 0 Å². The van der Waals surface area contributed by atoms with Crippen molar-refractivity contribution >= 4 is 5.91 Å². The largest absolute Gasteiger partial charge is 0.369 e. The SMILES string of the molecule is C[N+]1(C)CC1=O. The first-order valence-electron chi connectivity index (χ1n) is 1.99. The molecule has 0 spiro atoms. The van der Waals surface area contributed by atoms with Crippen molar-refractivity contribution in [3.63, 3.8) is 0 Å². The highest BCUT2D eigenvalue weighted by Crippen LogP contribution is 2.12. The number of hydrogen-bond acceptors (Lipinski definition) is 1. The van der Waals surface area contributed by atoms with Gasteiger partial charge in [0, 0.05) is 0 Å². The lowest BCUT2D eigenvalue weighted by atomic mass is 11.0. The van der Waals surface area contributed by atoms with E-state index in [2.05, 4.69) is 0 Å². The lowest BCUT2D eigenvalue weighted by molar-refractivity contribution is -0.712. The summed E-state index contributed by atoms with van der Waals surface area (Å²) in [4.78, 5) is 10.2. The second-order valence-corrected chi connectivity index (χ2v) is 2.24. The summed E-state index contributed by atoms with van der Waals surface area (Å²) in [5.74, 6) is 0.343. The van der Waals surface area contributed by atoms with Gasteiger partial charge >= 0.3 is 5.91 Å². The van der Waals surface area contributed by atoms with Crippen molar-refractivity contribution < 1.29 is 9.28 Å². The minimum Gasteiger partial charge on any atom is -0.249 e. The van der Waals surface area contributed by atoms with E-state index >= 15 is 0 Å². The molecule has 1 fully saturated rings. The number of carbonyl (C=O) groups excluding carboxylic acids is 1. The van der Waals surface area contributed by atoms with E-state index in [0.717, 1.165) is 6.54 Å². The van der Waals surface area contributed by atoms with Gasteiger partial charge in [0.25, 0.3) is 0 Å². The fourth-order valence-corrected chi connectivity index (χ4v) is 0.303. The maximum Gasteiger partial charge on any atom is 0.369 e. The van der Waals surface area contributed by atoms with E-state index in [0.29, 0.717) is 10.4 Å². The number of hydrogen-bond donors (Lipinski definition) is 0. The van der Waals surface area contributed by atoms with Gasteiger partial charge in [-0.1, -0.05) is 0 Å². The van der Waals surface area contributed by atoms with Gasteiger partial charge in [-0.25, -0.2) is 9.28 Å². The molecule has 1 aliphatic heterocycles. The van der Waals surface area contributed by atoms with Crippen molar-refractivity contribution in [2.24, 2.45) is 0 Å². The molecule has 2 nitrogen and oxygen atoms in total. The molecular weight excluding hydrogens is 78.0 g/mol. The summed E-state index contributed by atoms with van der Waals surface area (Å²) in [6.45, 7) is 0.736. The molecule has 2 heteroatoms. The Balaban J connectivity index is 2.63.